The second kappa shape index (κ2) is 4.87. The van der Waals surface area contributed by atoms with Crippen LogP contribution in [0.1, 0.15) is 5.69 Å². The van der Waals surface area contributed by atoms with Crippen molar-refractivity contribution >= 4 is 5.65 Å². The molecular formula is C15H10F3N3O2. The van der Waals surface area contributed by atoms with E-state index in [1.165, 1.54) is 12.3 Å². The third-order valence-electron chi connectivity index (χ3n) is 3.49. The fourth-order valence-corrected chi connectivity index (χ4v) is 2.47. The summed E-state index contributed by atoms with van der Waals surface area (Å²) in [5, 5.41) is 3.68. The van der Waals surface area contributed by atoms with E-state index in [0.29, 0.717) is 30.3 Å². The lowest BCUT2D eigenvalue weighted by molar-refractivity contribution is -0.142. The number of aromatic nitrogens is 3. The fraction of sp³-hybridized carbons (Fsp3) is 0.200. The molecule has 0 spiro atoms. The van der Waals surface area contributed by atoms with E-state index in [2.05, 4.69) is 10.1 Å². The van der Waals surface area contributed by atoms with Crippen LogP contribution in [-0.4, -0.2) is 27.8 Å². The first kappa shape index (κ1) is 13.9. The summed E-state index contributed by atoms with van der Waals surface area (Å²) in [6.07, 6.45) is -3.25. The van der Waals surface area contributed by atoms with Crippen molar-refractivity contribution in [2.45, 2.75) is 6.18 Å². The lowest BCUT2D eigenvalue weighted by Gasteiger charge is -2.19. The number of alkyl halides is 3. The maximum atomic E-state index is 13.2. The quantitative estimate of drug-likeness (QED) is 0.691. The molecule has 1 aliphatic rings. The minimum atomic E-state index is -4.53. The summed E-state index contributed by atoms with van der Waals surface area (Å²) >= 11 is 0. The number of fused-ring (bicyclic) bond motifs is 2. The predicted molar refractivity (Wildman–Crippen MR) is 74.4 cm³/mol. The maximum absolute atomic E-state index is 13.2. The maximum Gasteiger partial charge on any atom is 0.433 e. The molecule has 0 fully saturated rings. The molecule has 2 aromatic heterocycles. The Morgan fingerprint density at radius 1 is 1.00 bits per heavy atom. The molecule has 0 aliphatic carbocycles. The largest absolute Gasteiger partial charge is 0.486 e. The highest BCUT2D eigenvalue weighted by atomic mass is 19.4. The van der Waals surface area contributed by atoms with Crippen LogP contribution < -0.4 is 9.47 Å². The average molecular weight is 321 g/mol. The number of rotatable bonds is 1. The molecule has 0 radical (unpaired) electrons. The summed E-state index contributed by atoms with van der Waals surface area (Å²) in [5.41, 5.74) is -0.0344. The Bertz CT molecular complexity index is 889. The summed E-state index contributed by atoms with van der Waals surface area (Å²) in [7, 11) is 0. The van der Waals surface area contributed by atoms with Crippen molar-refractivity contribution < 1.29 is 22.6 Å². The molecule has 0 saturated carbocycles. The van der Waals surface area contributed by atoms with E-state index >= 15 is 0 Å². The van der Waals surface area contributed by atoms with Crippen LogP contribution >= 0.6 is 0 Å². The molecule has 3 aromatic rings. The van der Waals surface area contributed by atoms with Crippen molar-refractivity contribution in [1.29, 1.82) is 0 Å². The number of hydrogen-bond acceptors (Lipinski definition) is 4. The van der Waals surface area contributed by atoms with E-state index in [1.54, 1.807) is 18.2 Å². The Balaban J connectivity index is 1.89. The smallest absolute Gasteiger partial charge is 0.433 e. The molecule has 0 amide bonds. The van der Waals surface area contributed by atoms with Gasteiger partial charge in [0.2, 0.25) is 0 Å². The van der Waals surface area contributed by atoms with Crippen molar-refractivity contribution in [3.8, 4) is 22.8 Å². The standard InChI is InChI=1S/C15H10F3N3O2/c16-15(17,18)13-8-10(20-14-3-4-19-21(13)14)9-1-2-11-12(7-9)23-6-5-22-11/h1-4,7-8H,5-6H2. The van der Waals surface area contributed by atoms with Crippen LogP contribution in [0.2, 0.25) is 0 Å². The van der Waals surface area contributed by atoms with Crippen LogP contribution in [-0.2, 0) is 6.18 Å². The van der Waals surface area contributed by atoms with E-state index in [4.69, 9.17) is 9.47 Å². The minimum absolute atomic E-state index is 0.129. The van der Waals surface area contributed by atoms with E-state index in [-0.39, 0.29) is 11.3 Å². The first-order chi connectivity index (χ1) is 11.0. The highest BCUT2D eigenvalue weighted by Gasteiger charge is 2.35. The molecule has 0 bridgehead atoms. The molecule has 0 unspecified atom stereocenters. The topological polar surface area (TPSA) is 48.7 Å². The van der Waals surface area contributed by atoms with Gasteiger partial charge in [-0.15, -0.1) is 0 Å². The van der Waals surface area contributed by atoms with E-state index < -0.39 is 11.9 Å². The number of halogens is 3. The van der Waals surface area contributed by atoms with Crippen LogP contribution in [0.4, 0.5) is 13.2 Å². The molecule has 118 valence electrons. The van der Waals surface area contributed by atoms with Crippen LogP contribution in [0.5, 0.6) is 11.5 Å². The van der Waals surface area contributed by atoms with Gasteiger partial charge >= 0.3 is 6.18 Å². The average Bonchev–Trinajstić information content (AvgIpc) is 3.00. The summed E-state index contributed by atoms with van der Waals surface area (Å²) < 4.78 is 51.3. The van der Waals surface area contributed by atoms with E-state index in [1.807, 2.05) is 0 Å². The summed E-state index contributed by atoms with van der Waals surface area (Å²) in [6.45, 7) is 0.851. The van der Waals surface area contributed by atoms with Crippen LogP contribution in [0.25, 0.3) is 16.9 Å². The minimum Gasteiger partial charge on any atom is -0.486 e. The molecule has 8 heteroatoms. The molecule has 3 heterocycles. The van der Waals surface area contributed by atoms with E-state index in [0.717, 1.165) is 10.6 Å². The zero-order valence-electron chi connectivity index (χ0n) is 11.7. The third-order valence-corrected chi connectivity index (χ3v) is 3.49. The Morgan fingerprint density at radius 2 is 1.78 bits per heavy atom. The Morgan fingerprint density at radius 3 is 2.57 bits per heavy atom. The first-order valence-electron chi connectivity index (χ1n) is 6.84. The van der Waals surface area contributed by atoms with Gasteiger partial charge in [0.15, 0.2) is 22.8 Å². The zero-order valence-corrected chi connectivity index (χ0v) is 11.7. The molecular weight excluding hydrogens is 311 g/mol. The highest BCUT2D eigenvalue weighted by molar-refractivity contribution is 5.66. The van der Waals surface area contributed by atoms with Crippen LogP contribution in [0, 0.1) is 0 Å². The van der Waals surface area contributed by atoms with E-state index in [9.17, 15) is 13.2 Å². The van der Waals surface area contributed by atoms with Crippen molar-refractivity contribution in [3.63, 3.8) is 0 Å². The summed E-state index contributed by atoms with van der Waals surface area (Å²) in [6, 6.07) is 7.36. The van der Waals surface area contributed by atoms with Crippen molar-refractivity contribution in [2.75, 3.05) is 13.2 Å². The van der Waals surface area contributed by atoms with Gasteiger partial charge in [0.25, 0.3) is 0 Å². The van der Waals surface area contributed by atoms with Gasteiger partial charge in [-0.1, -0.05) is 0 Å². The molecule has 0 N–H and O–H groups in total. The van der Waals surface area contributed by atoms with Gasteiger partial charge in [-0.25, -0.2) is 9.50 Å². The first-order valence-corrected chi connectivity index (χ1v) is 6.84. The second-order valence-electron chi connectivity index (χ2n) is 4.98. The normalized spacial score (nSPS) is 14.2. The monoisotopic (exact) mass is 321 g/mol. The van der Waals surface area contributed by atoms with Gasteiger partial charge in [-0.05, 0) is 24.3 Å². The fourth-order valence-electron chi connectivity index (χ4n) is 2.47. The molecule has 23 heavy (non-hydrogen) atoms. The molecule has 4 rings (SSSR count). The lowest BCUT2D eigenvalue weighted by Crippen LogP contribution is -2.15. The second-order valence-corrected chi connectivity index (χ2v) is 4.98. The number of hydrogen-bond donors (Lipinski definition) is 0. The molecule has 5 nitrogen and oxygen atoms in total. The Kier molecular flexibility index (Phi) is 2.93. The van der Waals surface area contributed by atoms with Gasteiger partial charge in [0, 0.05) is 11.6 Å². The van der Waals surface area contributed by atoms with Crippen molar-refractivity contribution in [1.82, 2.24) is 14.6 Å². The van der Waals surface area contributed by atoms with Gasteiger partial charge in [-0.3, -0.25) is 0 Å². The Labute approximate surface area is 128 Å². The van der Waals surface area contributed by atoms with Crippen molar-refractivity contribution in [3.05, 3.63) is 42.2 Å². The highest BCUT2D eigenvalue weighted by Crippen LogP contribution is 2.36. The number of nitrogens with zero attached hydrogens (tertiary/aromatic N) is 3. The number of benzene rings is 1. The molecule has 0 atom stereocenters. The number of ether oxygens (including phenoxy) is 2. The van der Waals surface area contributed by atoms with Crippen LogP contribution in [0.15, 0.2) is 36.5 Å². The zero-order chi connectivity index (χ0) is 16.0. The van der Waals surface area contributed by atoms with Gasteiger partial charge < -0.3 is 9.47 Å². The third kappa shape index (κ3) is 2.36. The SMILES string of the molecule is FC(F)(F)c1cc(-c2ccc3c(c2)OCCO3)nc2ccnn12. The molecule has 1 aromatic carbocycles. The van der Waals surface area contributed by atoms with Gasteiger partial charge in [0.1, 0.15) is 13.2 Å². The Hall–Kier alpha value is -2.77. The summed E-state index contributed by atoms with van der Waals surface area (Å²) in [5.74, 6) is 1.07. The van der Waals surface area contributed by atoms with Crippen molar-refractivity contribution in [2.24, 2.45) is 0 Å². The van der Waals surface area contributed by atoms with Gasteiger partial charge in [-0.2, -0.15) is 18.3 Å². The molecule has 0 saturated heterocycles. The summed E-state index contributed by atoms with van der Waals surface area (Å²) in [4.78, 5) is 4.23. The van der Waals surface area contributed by atoms with Gasteiger partial charge in [0.05, 0.1) is 11.9 Å². The lowest BCUT2D eigenvalue weighted by atomic mass is 10.1. The predicted octanol–water partition coefficient (Wildman–Crippen LogP) is 3.19. The van der Waals surface area contributed by atoms with Crippen LogP contribution in [0.3, 0.4) is 0 Å². The molecule has 1 aliphatic heterocycles.